The van der Waals surface area contributed by atoms with Gasteiger partial charge in [0.2, 0.25) is 0 Å². The molecule has 200 valence electrons. The van der Waals surface area contributed by atoms with Crippen LogP contribution in [0.2, 0.25) is 0 Å². The van der Waals surface area contributed by atoms with Gasteiger partial charge in [0.25, 0.3) is 0 Å². The van der Waals surface area contributed by atoms with Gasteiger partial charge in [-0.05, 0) is 60.7 Å². The van der Waals surface area contributed by atoms with E-state index in [4.69, 9.17) is 4.98 Å². The maximum absolute atomic E-state index is 14.0. The first kappa shape index (κ1) is 24.3. The Labute approximate surface area is 229 Å². The van der Waals surface area contributed by atoms with Crippen LogP contribution in [0.5, 0.6) is 5.75 Å². The summed E-state index contributed by atoms with van der Waals surface area (Å²) >= 11 is 0. The molecule has 7 rings (SSSR count). The Morgan fingerprint density at radius 3 is 2.67 bits per heavy atom. The third-order valence-corrected chi connectivity index (χ3v) is 7.59. The molecule has 0 radical (unpaired) electrons. The zero-order valence-corrected chi connectivity index (χ0v) is 21.7. The number of pyridine rings is 3. The number of rotatable bonds is 7. The molecule has 5 heterocycles. The maximum atomic E-state index is 14.0. The van der Waals surface area contributed by atoms with Crippen LogP contribution >= 0.6 is 0 Å². The van der Waals surface area contributed by atoms with Crippen LogP contribution < -0.4 is 5.32 Å². The van der Waals surface area contributed by atoms with Crippen molar-refractivity contribution in [3.8, 4) is 39.7 Å². The molecule has 1 aromatic carbocycles. The molecule has 6 aromatic rings. The van der Waals surface area contributed by atoms with Crippen molar-refractivity contribution in [2.75, 3.05) is 6.54 Å². The minimum Gasteiger partial charge on any atom is -0.508 e. The zero-order chi connectivity index (χ0) is 27.1. The van der Waals surface area contributed by atoms with Crippen molar-refractivity contribution in [3.05, 3.63) is 72.7 Å². The monoisotopic (exact) mass is 534 g/mol. The molecule has 1 fully saturated rings. The third kappa shape index (κ3) is 4.66. The second-order valence-electron chi connectivity index (χ2n) is 10.4. The normalized spacial score (nSPS) is 14.0. The van der Waals surface area contributed by atoms with Gasteiger partial charge in [-0.2, -0.15) is 5.10 Å². The lowest BCUT2D eigenvalue weighted by molar-refractivity contribution is 0.469. The molecule has 0 bridgehead atoms. The number of aromatic hydroxyl groups is 1. The summed E-state index contributed by atoms with van der Waals surface area (Å²) in [5.74, 6) is 0.621. The predicted molar refractivity (Wildman–Crippen MR) is 151 cm³/mol. The maximum Gasteiger partial charge on any atom is 0.159 e. The van der Waals surface area contributed by atoms with E-state index in [-0.39, 0.29) is 5.75 Å². The highest BCUT2D eigenvalue weighted by molar-refractivity contribution is 5.97. The van der Waals surface area contributed by atoms with Gasteiger partial charge in [-0.3, -0.25) is 20.1 Å². The van der Waals surface area contributed by atoms with Gasteiger partial charge in [-0.15, -0.1) is 0 Å². The summed E-state index contributed by atoms with van der Waals surface area (Å²) in [5, 5.41) is 21.9. The third-order valence-electron chi connectivity index (χ3n) is 7.59. The lowest BCUT2D eigenvalue weighted by Crippen LogP contribution is -2.20. The van der Waals surface area contributed by atoms with Crippen molar-refractivity contribution in [3.63, 3.8) is 0 Å². The van der Waals surface area contributed by atoms with Crippen LogP contribution in [-0.4, -0.2) is 46.8 Å². The van der Waals surface area contributed by atoms with Crippen molar-refractivity contribution in [1.29, 1.82) is 0 Å². The molecule has 0 spiro atoms. The summed E-state index contributed by atoms with van der Waals surface area (Å²) < 4.78 is 14.0. The number of phenols is 1. The van der Waals surface area contributed by atoms with E-state index in [1.807, 2.05) is 18.5 Å². The number of aromatic nitrogens is 7. The fraction of sp³-hybridized carbons (Fsp3) is 0.233. The number of hydrogen-bond donors (Lipinski definition) is 4. The van der Waals surface area contributed by atoms with Gasteiger partial charge in [-0.25, -0.2) is 9.37 Å². The number of benzene rings is 1. The van der Waals surface area contributed by atoms with Crippen LogP contribution in [0.3, 0.4) is 0 Å². The van der Waals surface area contributed by atoms with E-state index in [2.05, 4.69) is 41.5 Å². The highest BCUT2D eigenvalue weighted by atomic mass is 19.1. The Balaban J connectivity index is 1.21. The molecule has 0 amide bonds. The van der Waals surface area contributed by atoms with Gasteiger partial charge in [0.15, 0.2) is 5.82 Å². The molecule has 1 saturated carbocycles. The van der Waals surface area contributed by atoms with Crippen molar-refractivity contribution in [2.45, 2.75) is 32.2 Å². The van der Waals surface area contributed by atoms with Gasteiger partial charge < -0.3 is 15.4 Å². The largest absolute Gasteiger partial charge is 0.508 e. The average Bonchev–Trinajstić information content (AvgIpc) is 3.71. The zero-order valence-electron chi connectivity index (χ0n) is 21.7. The number of nitrogens with one attached hydrogen (secondary N) is 3. The summed E-state index contributed by atoms with van der Waals surface area (Å²) in [6.07, 6.45) is 14.1. The molecule has 0 aliphatic heterocycles. The number of nitrogens with zero attached hydrogens (tertiary/aromatic N) is 5. The SMILES string of the molecule is Oc1cc(F)cc(-c2cncc3[nH]c(-c4n[nH]c5cnc(-c6cncc(CNCC7CCCC7)c6)cc45)nc23)c1. The molecule has 40 heavy (non-hydrogen) atoms. The lowest BCUT2D eigenvalue weighted by Gasteiger charge is -2.11. The fourth-order valence-electron chi connectivity index (χ4n) is 5.60. The molecule has 4 N–H and O–H groups in total. The van der Waals surface area contributed by atoms with Crippen LogP contribution in [0.4, 0.5) is 4.39 Å². The van der Waals surface area contributed by atoms with E-state index >= 15 is 0 Å². The fourth-order valence-corrected chi connectivity index (χ4v) is 5.60. The van der Waals surface area contributed by atoms with E-state index in [9.17, 15) is 9.50 Å². The molecule has 9 nitrogen and oxygen atoms in total. The molecule has 0 unspecified atom stereocenters. The smallest absolute Gasteiger partial charge is 0.159 e. The van der Waals surface area contributed by atoms with Crippen LogP contribution in [0.25, 0.3) is 55.8 Å². The number of fused-ring (bicyclic) bond motifs is 2. The summed E-state index contributed by atoms with van der Waals surface area (Å²) in [6, 6.07) is 8.00. The number of aromatic amines is 2. The van der Waals surface area contributed by atoms with E-state index in [0.717, 1.165) is 52.8 Å². The molecule has 0 saturated heterocycles. The molecular formula is C30H27FN8O. The highest BCUT2D eigenvalue weighted by Gasteiger charge is 2.18. The van der Waals surface area contributed by atoms with Crippen molar-refractivity contribution in [2.24, 2.45) is 5.92 Å². The Kier molecular flexibility index (Phi) is 6.16. The summed E-state index contributed by atoms with van der Waals surface area (Å²) in [5.41, 5.74) is 6.58. The topological polar surface area (TPSA) is 128 Å². The second-order valence-corrected chi connectivity index (χ2v) is 10.4. The summed E-state index contributed by atoms with van der Waals surface area (Å²) in [6.45, 7) is 1.82. The molecular weight excluding hydrogens is 507 g/mol. The van der Waals surface area contributed by atoms with E-state index in [0.29, 0.717) is 33.7 Å². The second kappa shape index (κ2) is 10.1. The van der Waals surface area contributed by atoms with Crippen molar-refractivity contribution >= 4 is 21.9 Å². The Hall–Kier alpha value is -4.70. The van der Waals surface area contributed by atoms with E-state index in [1.54, 1.807) is 18.6 Å². The quantitative estimate of drug-likeness (QED) is 0.205. The van der Waals surface area contributed by atoms with Gasteiger partial charge in [0.05, 0.1) is 34.6 Å². The van der Waals surface area contributed by atoms with Crippen LogP contribution in [0, 0.1) is 11.7 Å². The van der Waals surface area contributed by atoms with Gasteiger partial charge in [0, 0.05) is 47.7 Å². The first-order chi connectivity index (χ1) is 19.6. The van der Waals surface area contributed by atoms with Gasteiger partial charge >= 0.3 is 0 Å². The van der Waals surface area contributed by atoms with Crippen LogP contribution in [-0.2, 0) is 6.54 Å². The average molecular weight is 535 g/mol. The van der Waals surface area contributed by atoms with E-state index < -0.39 is 5.82 Å². The van der Waals surface area contributed by atoms with E-state index in [1.165, 1.54) is 37.8 Å². The molecule has 1 aliphatic carbocycles. The highest BCUT2D eigenvalue weighted by Crippen LogP contribution is 2.33. The molecule has 1 aliphatic rings. The first-order valence-corrected chi connectivity index (χ1v) is 13.4. The minimum absolute atomic E-state index is 0.163. The van der Waals surface area contributed by atoms with Crippen LogP contribution in [0.1, 0.15) is 31.2 Å². The van der Waals surface area contributed by atoms with Crippen LogP contribution in [0.15, 0.2) is 61.3 Å². The van der Waals surface area contributed by atoms with Crippen molar-refractivity contribution < 1.29 is 9.50 Å². The Morgan fingerprint density at radius 2 is 1.80 bits per heavy atom. The molecule has 0 atom stereocenters. The Morgan fingerprint density at radius 1 is 0.925 bits per heavy atom. The molecule has 10 heteroatoms. The standard InChI is InChI=1S/C30H27FN8O/c31-21-6-19(7-22(40)8-21)24-14-34-15-27-28(24)37-30(36-27)29-23-9-25(35-16-26(23)38-39-29)20-5-18(12-33-13-20)11-32-10-17-3-1-2-4-17/h5-9,12-17,32,40H,1-4,10-11H2,(H,36,37)(H,38,39). The molecule has 5 aromatic heterocycles. The predicted octanol–water partition coefficient (Wildman–Crippen LogP) is 5.75. The first-order valence-electron chi connectivity index (χ1n) is 13.4. The number of hydrogen-bond acceptors (Lipinski definition) is 7. The number of phenolic OH excluding ortho intramolecular Hbond substituents is 1. The lowest BCUT2D eigenvalue weighted by atomic mass is 10.1. The van der Waals surface area contributed by atoms with Gasteiger partial charge in [-0.1, -0.05) is 12.8 Å². The minimum atomic E-state index is -0.538. The number of imidazole rings is 1. The Bertz CT molecular complexity index is 1820. The number of halogens is 1. The van der Waals surface area contributed by atoms with Crippen molar-refractivity contribution in [1.82, 2.24) is 40.4 Å². The van der Waals surface area contributed by atoms with Gasteiger partial charge in [0.1, 0.15) is 17.3 Å². The summed E-state index contributed by atoms with van der Waals surface area (Å²) in [4.78, 5) is 21.5. The number of H-pyrrole nitrogens is 2. The summed E-state index contributed by atoms with van der Waals surface area (Å²) in [7, 11) is 0.